The molecule has 76 valence electrons. The van der Waals surface area contributed by atoms with Crippen LogP contribution in [0.4, 0.5) is 0 Å². The first-order valence-electron chi connectivity index (χ1n) is 4.72. The van der Waals surface area contributed by atoms with Gasteiger partial charge in [0.05, 0.1) is 5.60 Å². The predicted octanol–water partition coefficient (Wildman–Crippen LogP) is 0.148. The molecule has 0 aromatic rings. The molecule has 4 heteroatoms. The summed E-state index contributed by atoms with van der Waals surface area (Å²) < 4.78 is 5.60. The van der Waals surface area contributed by atoms with Crippen LogP contribution in [-0.4, -0.2) is 24.2 Å². The van der Waals surface area contributed by atoms with Gasteiger partial charge in [-0.2, -0.15) is 0 Å². The van der Waals surface area contributed by atoms with Crippen LogP contribution in [0.3, 0.4) is 0 Å². The highest BCUT2D eigenvalue weighted by Crippen LogP contribution is 2.27. The fraction of sp³-hybridized carbons (Fsp3) is 0.889. The zero-order valence-corrected chi connectivity index (χ0v) is 8.08. The van der Waals surface area contributed by atoms with Gasteiger partial charge in [0.1, 0.15) is 0 Å². The van der Waals surface area contributed by atoms with E-state index in [4.69, 9.17) is 16.2 Å². The molecule has 1 aliphatic heterocycles. The van der Waals surface area contributed by atoms with E-state index in [1.54, 1.807) is 0 Å². The smallest absolute Gasteiger partial charge is 0.219 e. The Balaban J connectivity index is 2.51. The quantitative estimate of drug-likeness (QED) is 0.658. The number of carbonyl (C=O) groups is 1. The second kappa shape index (κ2) is 4.07. The molecule has 1 fully saturated rings. The van der Waals surface area contributed by atoms with Crippen LogP contribution in [0.5, 0.6) is 0 Å². The van der Waals surface area contributed by atoms with Crippen molar-refractivity contribution < 1.29 is 9.53 Å². The lowest BCUT2D eigenvalue weighted by atomic mass is 9.87. The van der Waals surface area contributed by atoms with Crippen molar-refractivity contribution in [3.8, 4) is 0 Å². The molecule has 4 nitrogen and oxygen atoms in total. The molecule has 2 atom stereocenters. The molecule has 0 spiro atoms. The maximum absolute atomic E-state index is 10.7. The lowest BCUT2D eigenvalue weighted by molar-refractivity contribution is -0.123. The van der Waals surface area contributed by atoms with Crippen molar-refractivity contribution in [2.45, 2.75) is 44.2 Å². The average molecular weight is 186 g/mol. The Morgan fingerprint density at radius 2 is 2.31 bits per heavy atom. The van der Waals surface area contributed by atoms with Gasteiger partial charge in [0.25, 0.3) is 0 Å². The summed E-state index contributed by atoms with van der Waals surface area (Å²) in [5.41, 5.74) is 10.6. The molecule has 13 heavy (non-hydrogen) atoms. The largest absolute Gasteiger partial charge is 0.374 e. The van der Waals surface area contributed by atoms with Crippen LogP contribution >= 0.6 is 0 Å². The monoisotopic (exact) mass is 186 g/mol. The zero-order chi connectivity index (χ0) is 9.90. The topological polar surface area (TPSA) is 78.3 Å². The maximum atomic E-state index is 10.7. The van der Waals surface area contributed by atoms with E-state index in [-0.39, 0.29) is 24.0 Å². The third-order valence-corrected chi connectivity index (χ3v) is 2.70. The van der Waals surface area contributed by atoms with E-state index in [1.165, 1.54) is 0 Å². The van der Waals surface area contributed by atoms with Crippen LogP contribution in [0.25, 0.3) is 0 Å². The van der Waals surface area contributed by atoms with Crippen molar-refractivity contribution in [1.82, 2.24) is 0 Å². The van der Waals surface area contributed by atoms with Crippen LogP contribution in [0, 0.1) is 0 Å². The molecule has 2 unspecified atom stereocenters. The predicted molar refractivity (Wildman–Crippen MR) is 50.0 cm³/mol. The highest BCUT2D eigenvalue weighted by atomic mass is 16.5. The van der Waals surface area contributed by atoms with Crippen molar-refractivity contribution in [3.63, 3.8) is 0 Å². The molecule has 0 aliphatic carbocycles. The molecular weight excluding hydrogens is 168 g/mol. The van der Waals surface area contributed by atoms with Gasteiger partial charge < -0.3 is 16.2 Å². The molecule has 0 saturated carbocycles. The Morgan fingerprint density at radius 3 is 2.77 bits per heavy atom. The summed E-state index contributed by atoms with van der Waals surface area (Å²) in [5.74, 6) is -0.358. The Bertz CT molecular complexity index is 188. The van der Waals surface area contributed by atoms with Gasteiger partial charge in [-0.1, -0.05) is 0 Å². The number of nitrogens with two attached hydrogens (primary N) is 2. The first kappa shape index (κ1) is 10.5. The van der Waals surface area contributed by atoms with Gasteiger partial charge in [-0.25, -0.2) is 0 Å². The van der Waals surface area contributed by atoms with E-state index in [1.807, 2.05) is 6.92 Å². The third-order valence-electron chi connectivity index (χ3n) is 2.70. The van der Waals surface area contributed by atoms with Crippen molar-refractivity contribution in [1.29, 1.82) is 0 Å². The Kier molecular flexibility index (Phi) is 3.27. The third kappa shape index (κ3) is 2.67. The van der Waals surface area contributed by atoms with Crippen molar-refractivity contribution in [2.75, 3.05) is 6.61 Å². The molecule has 0 bridgehead atoms. The van der Waals surface area contributed by atoms with Crippen LogP contribution in [-0.2, 0) is 9.53 Å². The summed E-state index contributed by atoms with van der Waals surface area (Å²) in [4.78, 5) is 10.7. The van der Waals surface area contributed by atoms with Gasteiger partial charge in [-0.3, -0.25) is 4.79 Å². The highest BCUT2D eigenvalue weighted by molar-refractivity contribution is 5.74. The molecule has 4 N–H and O–H groups in total. The number of rotatable bonds is 3. The number of hydrogen-bond donors (Lipinski definition) is 2. The van der Waals surface area contributed by atoms with Crippen LogP contribution in [0.1, 0.15) is 32.6 Å². The minimum Gasteiger partial charge on any atom is -0.374 e. The van der Waals surface area contributed by atoms with E-state index in [2.05, 4.69) is 0 Å². The SMILES string of the molecule is CC1(C(N)CC(N)=O)CCCCO1. The van der Waals surface area contributed by atoms with Crippen LogP contribution in [0.15, 0.2) is 0 Å². The first-order chi connectivity index (χ1) is 6.04. The van der Waals surface area contributed by atoms with Gasteiger partial charge in [0, 0.05) is 19.1 Å². The molecule has 1 heterocycles. The number of ether oxygens (including phenoxy) is 1. The fourth-order valence-corrected chi connectivity index (χ4v) is 1.68. The summed E-state index contributed by atoms with van der Waals surface area (Å²) in [6, 6.07) is -0.273. The molecule has 0 aromatic heterocycles. The molecule has 1 saturated heterocycles. The van der Waals surface area contributed by atoms with Crippen LogP contribution < -0.4 is 11.5 Å². The molecule has 1 amide bonds. The normalized spacial score (nSPS) is 31.2. The number of carbonyl (C=O) groups excluding carboxylic acids is 1. The van der Waals surface area contributed by atoms with E-state index < -0.39 is 0 Å². The van der Waals surface area contributed by atoms with Crippen LogP contribution in [0.2, 0.25) is 0 Å². The zero-order valence-electron chi connectivity index (χ0n) is 8.08. The van der Waals surface area contributed by atoms with Gasteiger partial charge in [-0.15, -0.1) is 0 Å². The van der Waals surface area contributed by atoms with Crippen molar-refractivity contribution >= 4 is 5.91 Å². The summed E-state index contributed by atoms with van der Waals surface area (Å²) in [6.45, 7) is 2.70. The van der Waals surface area contributed by atoms with Crippen molar-refractivity contribution in [2.24, 2.45) is 11.5 Å². The highest BCUT2D eigenvalue weighted by Gasteiger charge is 2.35. The lowest BCUT2D eigenvalue weighted by Crippen LogP contribution is -2.51. The second-order valence-corrected chi connectivity index (χ2v) is 3.90. The van der Waals surface area contributed by atoms with E-state index in [9.17, 15) is 4.79 Å². The lowest BCUT2D eigenvalue weighted by Gasteiger charge is -2.38. The average Bonchev–Trinajstić information content (AvgIpc) is 2.04. The Labute approximate surface area is 78.6 Å². The van der Waals surface area contributed by atoms with Gasteiger partial charge in [0.15, 0.2) is 0 Å². The summed E-state index contributed by atoms with van der Waals surface area (Å²) in [7, 11) is 0. The first-order valence-corrected chi connectivity index (χ1v) is 4.72. The minimum absolute atomic E-state index is 0.205. The molecule has 0 aromatic carbocycles. The van der Waals surface area contributed by atoms with Gasteiger partial charge in [0.2, 0.25) is 5.91 Å². The minimum atomic E-state index is -0.358. The van der Waals surface area contributed by atoms with Gasteiger partial charge in [-0.05, 0) is 26.2 Å². The number of amides is 1. The Hall–Kier alpha value is -0.610. The molecule has 1 rings (SSSR count). The van der Waals surface area contributed by atoms with E-state index >= 15 is 0 Å². The molecule has 1 aliphatic rings. The number of primary amides is 1. The maximum Gasteiger partial charge on any atom is 0.219 e. The summed E-state index contributed by atoms with van der Waals surface area (Å²) in [6.07, 6.45) is 3.32. The number of hydrogen-bond acceptors (Lipinski definition) is 3. The summed E-state index contributed by atoms with van der Waals surface area (Å²) in [5, 5.41) is 0. The summed E-state index contributed by atoms with van der Waals surface area (Å²) >= 11 is 0. The Morgan fingerprint density at radius 1 is 1.62 bits per heavy atom. The second-order valence-electron chi connectivity index (χ2n) is 3.90. The van der Waals surface area contributed by atoms with Crippen molar-refractivity contribution in [3.05, 3.63) is 0 Å². The molecule has 0 radical (unpaired) electrons. The standard InChI is InChI=1S/C9H18N2O2/c1-9(4-2-3-5-13-9)7(10)6-8(11)12/h7H,2-6,10H2,1H3,(H2,11,12). The fourth-order valence-electron chi connectivity index (χ4n) is 1.68. The van der Waals surface area contributed by atoms with E-state index in [0.29, 0.717) is 0 Å². The van der Waals surface area contributed by atoms with Gasteiger partial charge >= 0.3 is 0 Å². The molecular formula is C9H18N2O2. The van der Waals surface area contributed by atoms with E-state index in [0.717, 1.165) is 25.9 Å².